The molecule has 1 amide bonds. The van der Waals surface area contributed by atoms with Crippen LogP contribution in [-0.2, 0) is 4.74 Å². The Morgan fingerprint density at radius 2 is 1.91 bits per heavy atom. The van der Waals surface area contributed by atoms with Gasteiger partial charge < -0.3 is 20.1 Å². The smallest absolute Gasteiger partial charge is 0.410 e. The Morgan fingerprint density at radius 3 is 2.57 bits per heavy atom. The molecule has 0 radical (unpaired) electrons. The fourth-order valence-electron chi connectivity index (χ4n) is 4.47. The molecule has 3 atom stereocenters. The predicted octanol–water partition coefficient (Wildman–Crippen LogP) is 2.67. The van der Waals surface area contributed by atoms with Crippen molar-refractivity contribution in [1.29, 1.82) is 0 Å². The molecule has 3 unspecified atom stereocenters. The second kappa shape index (κ2) is 6.60. The van der Waals surface area contributed by atoms with E-state index in [1.54, 1.807) is 0 Å². The van der Waals surface area contributed by atoms with E-state index < -0.39 is 5.60 Å². The second-order valence-electron chi connectivity index (χ2n) is 8.57. The molecule has 5 nitrogen and oxygen atoms in total. The molecule has 0 spiro atoms. The van der Waals surface area contributed by atoms with Crippen LogP contribution in [0.5, 0.6) is 0 Å². The number of hydrogen-bond acceptors (Lipinski definition) is 4. The number of aliphatic hydroxyl groups excluding tert-OH is 1. The van der Waals surface area contributed by atoms with Crippen molar-refractivity contribution in [2.45, 2.75) is 95.5 Å². The third-order valence-electron chi connectivity index (χ3n) is 5.55. The van der Waals surface area contributed by atoms with Crippen LogP contribution < -0.4 is 5.32 Å². The Labute approximate surface area is 139 Å². The van der Waals surface area contributed by atoms with Crippen molar-refractivity contribution in [2.24, 2.45) is 5.92 Å². The van der Waals surface area contributed by atoms with Crippen molar-refractivity contribution in [2.75, 3.05) is 6.54 Å². The highest BCUT2D eigenvalue weighted by Gasteiger charge is 2.43. The zero-order valence-corrected chi connectivity index (χ0v) is 14.8. The van der Waals surface area contributed by atoms with Crippen LogP contribution in [-0.4, -0.2) is 52.5 Å². The van der Waals surface area contributed by atoms with Crippen molar-refractivity contribution in [3.63, 3.8) is 0 Å². The average Bonchev–Trinajstić information content (AvgIpc) is 3.01. The van der Waals surface area contributed by atoms with Crippen LogP contribution in [0, 0.1) is 5.92 Å². The van der Waals surface area contributed by atoms with Crippen LogP contribution in [0.2, 0.25) is 0 Å². The summed E-state index contributed by atoms with van der Waals surface area (Å²) in [4.78, 5) is 14.5. The van der Waals surface area contributed by atoms with E-state index in [1.165, 1.54) is 19.3 Å². The van der Waals surface area contributed by atoms with Crippen LogP contribution in [0.4, 0.5) is 4.79 Å². The number of aliphatic hydroxyl groups is 1. The lowest BCUT2D eigenvalue weighted by Crippen LogP contribution is -2.53. The van der Waals surface area contributed by atoms with Gasteiger partial charge in [0.05, 0.1) is 6.10 Å². The van der Waals surface area contributed by atoms with E-state index in [9.17, 15) is 9.90 Å². The van der Waals surface area contributed by atoms with Gasteiger partial charge in [0.15, 0.2) is 0 Å². The van der Waals surface area contributed by atoms with Crippen LogP contribution in [0.1, 0.15) is 65.7 Å². The van der Waals surface area contributed by atoms with Crippen LogP contribution >= 0.6 is 0 Å². The molecule has 2 N–H and O–H groups in total. The lowest BCUT2D eigenvalue weighted by Gasteiger charge is -2.39. The molecule has 0 aromatic heterocycles. The molecule has 3 fully saturated rings. The van der Waals surface area contributed by atoms with Crippen LogP contribution in [0.3, 0.4) is 0 Å². The second-order valence-corrected chi connectivity index (χ2v) is 8.57. The Kier molecular flexibility index (Phi) is 4.88. The Balaban J connectivity index is 1.60. The average molecular weight is 324 g/mol. The number of carbonyl (C=O) groups is 1. The van der Waals surface area contributed by atoms with E-state index >= 15 is 0 Å². The monoisotopic (exact) mass is 324 g/mol. The molecular formula is C18H32N2O3. The normalized spacial score (nSPS) is 37.7. The minimum Gasteiger partial charge on any atom is -0.444 e. The molecule has 3 aliphatic rings. The number of likely N-dealkylation sites (tertiary alicyclic amines) is 1. The van der Waals surface area contributed by atoms with E-state index in [0.717, 1.165) is 32.2 Å². The highest BCUT2D eigenvalue weighted by molar-refractivity contribution is 5.69. The molecule has 0 bridgehead atoms. The molecule has 0 aromatic rings. The van der Waals surface area contributed by atoms with Crippen molar-refractivity contribution < 1.29 is 14.6 Å². The molecule has 23 heavy (non-hydrogen) atoms. The zero-order chi connectivity index (χ0) is 16.6. The van der Waals surface area contributed by atoms with Gasteiger partial charge in [0.1, 0.15) is 5.60 Å². The largest absolute Gasteiger partial charge is 0.444 e. The van der Waals surface area contributed by atoms with Crippen LogP contribution in [0.15, 0.2) is 0 Å². The maximum Gasteiger partial charge on any atom is 0.410 e. The fraction of sp³-hybridized carbons (Fsp3) is 0.944. The molecular weight excluding hydrogens is 292 g/mol. The zero-order valence-electron chi connectivity index (χ0n) is 14.8. The van der Waals surface area contributed by atoms with Crippen molar-refractivity contribution in [3.8, 4) is 0 Å². The highest BCUT2D eigenvalue weighted by atomic mass is 16.6. The van der Waals surface area contributed by atoms with E-state index in [-0.39, 0.29) is 12.2 Å². The lowest BCUT2D eigenvalue weighted by atomic mass is 9.86. The highest BCUT2D eigenvalue weighted by Crippen LogP contribution is 2.37. The Hall–Kier alpha value is -0.810. The van der Waals surface area contributed by atoms with E-state index in [4.69, 9.17) is 4.74 Å². The van der Waals surface area contributed by atoms with Crippen LogP contribution in [0.25, 0.3) is 0 Å². The van der Waals surface area contributed by atoms with Gasteiger partial charge in [-0.05, 0) is 65.2 Å². The third kappa shape index (κ3) is 4.00. The van der Waals surface area contributed by atoms with Gasteiger partial charge in [-0.1, -0.05) is 6.42 Å². The Morgan fingerprint density at radius 1 is 1.17 bits per heavy atom. The molecule has 2 aliphatic carbocycles. The number of rotatable bonds is 3. The summed E-state index contributed by atoms with van der Waals surface area (Å²) in [5, 5.41) is 13.2. The predicted molar refractivity (Wildman–Crippen MR) is 89.3 cm³/mol. The van der Waals surface area contributed by atoms with Gasteiger partial charge in [-0.2, -0.15) is 0 Å². The number of carbonyl (C=O) groups excluding carboxylic acids is 1. The third-order valence-corrected chi connectivity index (χ3v) is 5.55. The van der Waals surface area contributed by atoms with Gasteiger partial charge in [-0.15, -0.1) is 0 Å². The van der Waals surface area contributed by atoms with Gasteiger partial charge in [0, 0.05) is 24.7 Å². The molecule has 3 rings (SSSR count). The van der Waals surface area contributed by atoms with Crippen molar-refractivity contribution >= 4 is 6.09 Å². The van der Waals surface area contributed by atoms with Gasteiger partial charge >= 0.3 is 6.09 Å². The molecule has 0 aromatic carbocycles. The molecule has 5 heteroatoms. The van der Waals surface area contributed by atoms with Gasteiger partial charge in [-0.3, -0.25) is 0 Å². The standard InChI is InChI=1S/C18H32N2O3/c1-18(2,3)23-17(22)20-9-5-8-16(20)14-6-4-7-15(14)19-12-10-13(21)11-12/h12-16,19,21H,4-11H2,1-3H3. The maximum absolute atomic E-state index is 12.5. The number of amides is 1. The summed E-state index contributed by atoms with van der Waals surface area (Å²) < 4.78 is 5.61. The first-order chi connectivity index (χ1) is 10.8. The Bertz CT molecular complexity index is 428. The van der Waals surface area contributed by atoms with E-state index in [1.807, 2.05) is 25.7 Å². The topological polar surface area (TPSA) is 61.8 Å². The lowest BCUT2D eigenvalue weighted by molar-refractivity contribution is 0.0149. The molecule has 2 saturated carbocycles. The molecule has 1 heterocycles. The fourth-order valence-corrected chi connectivity index (χ4v) is 4.47. The SMILES string of the molecule is CC(C)(C)OC(=O)N1CCCC1C1CCCC1NC1CC(O)C1. The number of hydrogen-bond donors (Lipinski definition) is 2. The summed E-state index contributed by atoms with van der Waals surface area (Å²) >= 11 is 0. The quantitative estimate of drug-likeness (QED) is 0.838. The minimum atomic E-state index is -0.431. The van der Waals surface area contributed by atoms with Crippen molar-refractivity contribution in [3.05, 3.63) is 0 Å². The van der Waals surface area contributed by atoms with Gasteiger partial charge in [0.2, 0.25) is 0 Å². The van der Waals surface area contributed by atoms with E-state index in [2.05, 4.69) is 5.32 Å². The number of nitrogens with zero attached hydrogens (tertiary/aromatic N) is 1. The van der Waals surface area contributed by atoms with Gasteiger partial charge in [-0.25, -0.2) is 4.79 Å². The van der Waals surface area contributed by atoms with Crippen molar-refractivity contribution in [1.82, 2.24) is 10.2 Å². The van der Waals surface area contributed by atoms with Gasteiger partial charge in [0.25, 0.3) is 0 Å². The summed E-state index contributed by atoms with van der Waals surface area (Å²) in [5.41, 5.74) is -0.431. The maximum atomic E-state index is 12.5. The molecule has 1 saturated heterocycles. The first-order valence-electron chi connectivity index (χ1n) is 9.27. The minimum absolute atomic E-state index is 0.114. The first kappa shape index (κ1) is 17.0. The molecule has 132 valence electrons. The number of ether oxygens (including phenoxy) is 1. The number of nitrogens with one attached hydrogen (secondary N) is 1. The first-order valence-corrected chi connectivity index (χ1v) is 9.27. The summed E-state index contributed by atoms with van der Waals surface area (Å²) in [6.45, 7) is 6.61. The summed E-state index contributed by atoms with van der Waals surface area (Å²) in [6.07, 6.45) is 7.28. The summed E-state index contributed by atoms with van der Waals surface area (Å²) in [6, 6.07) is 1.27. The summed E-state index contributed by atoms with van der Waals surface area (Å²) in [7, 11) is 0. The van der Waals surface area contributed by atoms with E-state index in [0.29, 0.717) is 24.0 Å². The summed E-state index contributed by atoms with van der Waals surface area (Å²) in [5.74, 6) is 0.530. The molecule has 1 aliphatic heterocycles.